The van der Waals surface area contributed by atoms with Crippen LogP contribution >= 0.6 is 0 Å². The molecule has 128 valence electrons. The lowest BCUT2D eigenvalue weighted by atomic mass is 10.1. The highest BCUT2D eigenvalue weighted by Crippen LogP contribution is 2.18. The molecular formula is C17H21N3O3S. The second-order valence-electron chi connectivity index (χ2n) is 5.98. The van der Waals surface area contributed by atoms with Gasteiger partial charge in [-0.2, -0.15) is 0 Å². The summed E-state index contributed by atoms with van der Waals surface area (Å²) in [5, 5.41) is 4.06. The number of nitrogens with one attached hydrogen (secondary N) is 1. The number of carbonyl (C=O) groups excluding carboxylic acids is 1. The highest BCUT2D eigenvalue weighted by atomic mass is 32.2. The Kier molecular flexibility index (Phi) is 4.71. The van der Waals surface area contributed by atoms with Crippen molar-refractivity contribution < 1.29 is 13.2 Å². The quantitative estimate of drug-likeness (QED) is 0.862. The van der Waals surface area contributed by atoms with E-state index in [4.69, 9.17) is 0 Å². The molecule has 0 spiro atoms. The molecular weight excluding hydrogens is 326 g/mol. The molecule has 3 rings (SSSR count). The largest absolute Gasteiger partial charge is 0.356 e. The molecule has 0 fully saturated rings. The predicted octanol–water partition coefficient (Wildman–Crippen LogP) is 1.66. The van der Waals surface area contributed by atoms with Crippen molar-refractivity contribution >= 4 is 26.8 Å². The third kappa shape index (κ3) is 3.67. The van der Waals surface area contributed by atoms with E-state index in [9.17, 15) is 13.2 Å². The Morgan fingerprint density at radius 3 is 2.88 bits per heavy atom. The van der Waals surface area contributed by atoms with Crippen molar-refractivity contribution in [2.45, 2.75) is 26.3 Å². The molecule has 0 radical (unpaired) electrons. The fourth-order valence-corrected chi connectivity index (χ4v) is 4.46. The van der Waals surface area contributed by atoms with Gasteiger partial charge in [0.2, 0.25) is 5.91 Å². The van der Waals surface area contributed by atoms with Gasteiger partial charge in [-0.3, -0.25) is 4.79 Å². The molecule has 7 heteroatoms. The Bertz CT molecular complexity index is 884. The summed E-state index contributed by atoms with van der Waals surface area (Å²) in [5.41, 5.74) is 2.06. The highest BCUT2D eigenvalue weighted by Gasteiger charge is 2.23. The van der Waals surface area contributed by atoms with Crippen LogP contribution in [0.5, 0.6) is 0 Å². The van der Waals surface area contributed by atoms with Gasteiger partial charge in [-0.1, -0.05) is 18.2 Å². The zero-order chi connectivity index (χ0) is 17.2. The number of aromatic nitrogens is 2. The van der Waals surface area contributed by atoms with Crippen molar-refractivity contribution in [3.8, 4) is 0 Å². The number of carbonyl (C=O) groups is 1. The van der Waals surface area contributed by atoms with Crippen LogP contribution in [0.25, 0.3) is 11.0 Å². The van der Waals surface area contributed by atoms with Gasteiger partial charge in [0.05, 0.1) is 16.8 Å². The number of amides is 1. The summed E-state index contributed by atoms with van der Waals surface area (Å²) in [4.78, 5) is 16.6. The molecule has 2 aromatic rings. The lowest BCUT2D eigenvalue weighted by Gasteiger charge is -2.09. The summed E-state index contributed by atoms with van der Waals surface area (Å²) in [6.07, 6.45) is 2.46. The van der Waals surface area contributed by atoms with E-state index >= 15 is 0 Å². The van der Waals surface area contributed by atoms with Gasteiger partial charge in [0.1, 0.15) is 5.82 Å². The summed E-state index contributed by atoms with van der Waals surface area (Å²) < 4.78 is 24.8. The number of aryl methyl sites for hydroxylation is 1. The summed E-state index contributed by atoms with van der Waals surface area (Å²) in [6.45, 7) is 3.39. The van der Waals surface area contributed by atoms with Crippen LogP contribution in [-0.2, 0) is 27.6 Å². The first-order valence-corrected chi connectivity index (χ1v) is 9.82. The second-order valence-corrected chi connectivity index (χ2v) is 7.91. The Labute approximate surface area is 141 Å². The number of hydrogen-bond acceptors (Lipinski definition) is 4. The summed E-state index contributed by atoms with van der Waals surface area (Å²) in [6, 6.07) is 7.98. The van der Waals surface area contributed by atoms with Crippen LogP contribution in [0.1, 0.15) is 19.2 Å². The maximum absolute atomic E-state index is 12.0. The van der Waals surface area contributed by atoms with Crippen LogP contribution in [0.15, 0.2) is 35.7 Å². The number of benzene rings is 1. The van der Waals surface area contributed by atoms with E-state index in [0.29, 0.717) is 13.0 Å². The minimum absolute atomic E-state index is 0.0338. The number of sulfone groups is 1. The monoisotopic (exact) mass is 347 g/mol. The Morgan fingerprint density at radius 2 is 2.17 bits per heavy atom. The van der Waals surface area contributed by atoms with Crippen molar-refractivity contribution in [2.75, 3.05) is 12.3 Å². The van der Waals surface area contributed by atoms with Crippen molar-refractivity contribution in [2.24, 2.45) is 5.92 Å². The van der Waals surface area contributed by atoms with E-state index in [1.165, 1.54) is 5.41 Å². The van der Waals surface area contributed by atoms with E-state index < -0.39 is 9.84 Å². The minimum atomic E-state index is -3.10. The van der Waals surface area contributed by atoms with Crippen molar-refractivity contribution in [1.29, 1.82) is 0 Å². The number of imidazole rings is 1. The average Bonchev–Trinajstić information content (AvgIpc) is 3.06. The van der Waals surface area contributed by atoms with Gasteiger partial charge >= 0.3 is 0 Å². The van der Waals surface area contributed by atoms with Crippen LogP contribution in [0, 0.1) is 5.92 Å². The molecule has 1 N–H and O–H groups in total. The Balaban J connectivity index is 1.55. The number of allylic oxidation sites excluding steroid dienone is 1. The van der Waals surface area contributed by atoms with Crippen molar-refractivity contribution in [1.82, 2.24) is 14.9 Å². The number of nitrogens with zero attached hydrogens (tertiary/aromatic N) is 2. The molecule has 24 heavy (non-hydrogen) atoms. The SMILES string of the molecule is CCn1c(CCNC(=O)C[C@@H]2C=CS(=O)(=O)C2)nc2ccccc21. The average molecular weight is 347 g/mol. The Morgan fingerprint density at radius 1 is 1.38 bits per heavy atom. The first kappa shape index (κ1) is 16.7. The normalized spacial score (nSPS) is 19.0. The first-order valence-electron chi connectivity index (χ1n) is 8.10. The number of rotatable bonds is 6. The van der Waals surface area contributed by atoms with Gasteiger partial charge in [0.15, 0.2) is 9.84 Å². The Hall–Kier alpha value is -2.15. The molecule has 0 aliphatic carbocycles. The van der Waals surface area contributed by atoms with E-state index in [1.54, 1.807) is 6.08 Å². The fraction of sp³-hybridized carbons (Fsp3) is 0.412. The molecule has 1 amide bonds. The second kappa shape index (κ2) is 6.76. The lowest BCUT2D eigenvalue weighted by molar-refractivity contribution is -0.121. The topological polar surface area (TPSA) is 81.1 Å². The van der Waals surface area contributed by atoms with Gasteiger partial charge in [-0.05, 0) is 19.1 Å². The van der Waals surface area contributed by atoms with E-state index in [1.807, 2.05) is 24.3 Å². The third-order valence-corrected chi connectivity index (χ3v) is 5.64. The van der Waals surface area contributed by atoms with E-state index in [0.717, 1.165) is 23.4 Å². The summed E-state index contributed by atoms with van der Waals surface area (Å²) in [5.74, 6) is 0.643. The third-order valence-electron chi connectivity index (χ3n) is 4.17. The molecule has 1 aliphatic rings. The molecule has 0 bridgehead atoms. The van der Waals surface area contributed by atoms with Crippen LogP contribution < -0.4 is 5.32 Å². The predicted molar refractivity (Wildman–Crippen MR) is 93.2 cm³/mol. The zero-order valence-corrected chi connectivity index (χ0v) is 14.4. The molecule has 0 saturated carbocycles. The smallest absolute Gasteiger partial charge is 0.220 e. The van der Waals surface area contributed by atoms with Gasteiger partial charge in [-0.25, -0.2) is 13.4 Å². The minimum Gasteiger partial charge on any atom is -0.356 e. The van der Waals surface area contributed by atoms with E-state index in [-0.39, 0.29) is 24.0 Å². The number of hydrogen-bond donors (Lipinski definition) is 1. The van der Waals surface area contributed by atoms with Gasteiger partial charge in [-0.15, -0.1) is 0 Å². The van der Waals surface area contributed by atoms with Crippen molar-refractivity contribution in [3.05, 3.63) is 41.6 Å². The summed E-state index contributed by atoms with van der Waals surface area (Å²) in [7, 11) is -3.10. The first-order chi connectivity index (χ1) is 11.5. The lowest BCUT2D eigenvalue weighted by Crippen LogP contribution is -2.28. The van der Waals surface area contributed by atoms with Crippen molar-refractivity contribution in [3.63, 3.8) is 0 Å². The number of fused-ring (bicyclic) bond motifs is 1. The maximum Gasteiger partial charge on any atom is 0.220 e. The molecule has 2 heterocycles. The molecule has 0 unspecified atom stereocenters. The molecule has 1 aromatic carbocycles. The molecule has 1 atom stereocenters. The van der Waals surface area contributed by atoms with Gasteiger partial charge in [0, 0.05) is 37.3 Å². The van der Waals surface area contributed by atoms with Crippen LogP contribution in [0.3, 0.4) is 0 Å². The van der Waals surface area contributed by atoms with Crippen LogP contribution in [-0.4, -0.2) is 36.2 Å². The van der Waals surface area contributed by atoms with Gasteiger partial charge in [0.25, 0.3) is 0 Å². The summed E-state index contributed by atoms with van der Waals surface area (Å²) >= 11 is 0. The maximum atomic E-state index is 12.0. The molecule has 0 saturated heterocycles. The number of para-hydroxylation sites is 2. The zero-order valence-electron chi connectivity index (χ0n) is 13.6. The standard InChI is InChI=1S/C17H21N3O3S/c1-2-20-15-6-4-3-5-14(15)19-16(20)7-9-18-17(21)11-13-8-10-24(22,23)12-13/h3-6,8,10,13H,2,7,9,11-12H2,1H3,(H,18,21)/t13-/m0/s1. The van der Waals surface area contributed by atoms with Crippen LogP contribution in [0.2, 0.25) is 0 Å². The fourth-order valence-electron chi connectivity index (χ4n) is 3.06. The van der Waals surface area contributed by atoms with Gasteiger partial charge < -0.3 is 9.88 Å². The van der Waals surface area contributed by atoms with Crippen LogP contribution in [0.4, 0.5) is 0 Å². The highest BCUT2D eigenvalue weighted by molar-refractivity contribution is 7.94. The molecule has 1 aromatic heterocycles. The molecule has 1 aliphatic heterocycles. The van der Waals surface area contributed by atoms with E-state index in [2.05, 4.69) is 21.8 Å². The molecule has 6 nitrogen and oxygen atoms in total.